The van der Waals surface area contributed by atoms with Gasteiger partial charge in [0.2, 0.25) is 0 Å². The Kier molecular flexibility index (Phi) is 4.15. The van der Waals surface area contributed by atoms with Gasteiger partial charge in [-0.1, -0.05) is 30.4 Å². The summed E-state index contributed by atoms with van der Waals surface area (Å²) < 4.78 is 1.07. The van der Waals surface area contributed by atoms with Crippen LogP contribution >= 0.6 is 0 Å². The summed E-state index contributed by atoms with van der Waals surface area (Å²) >= 11 is 0. The maximum Gasteiger partial charge on any atom is 0.111 e. The van der Waals surface area contributed by atoms with Crippen LogP contribution in [0.2, 0.25) is 0 Å². The Morgan fingerprint density at radius 2 is 1.75 bits per heavy atom. The summed E-state index contributed by atoms with van der Waals surface area (Å²) in [7, 11) is 4.68. The summed E-state index contributed by atoms with van der Waals surface area (Å²) in [6, 6.07) is 1.25. The zero-order chi connectivity index (χ0) is 12.3. The second-order valence-corrected chi connectivity index (χ2v) is 5.84. The molecular weight excluding hydrogens is 194 g/mol. The van der Waals surface area contributed by atoms with Gasteiger partial charge in [0.1, 0.15) is 6.04 Å². The SMILES string of the molecule is C=C(C)C[C@H]1CC=C[C@@H](CC(=C)C)[N+]1(C)C. The fourth-order valence-electron chi connectivity index (χ4n) is 2.54. The van der Waals surface area contributed by atoms with Gasteiger partial charge in [0.25, 0.3) is 0 Å². The van der Waals surface area contributed by atoms with Crippen LogP contribution in [0.3, 0.4) is 0 Å². The number of rotatable bonds is 4. The van der Waals surface area contributed by atoms with Crippen LogP contribution in [0.25, 0.3) is 0 Å². The van der Waals surface area contributed by atoms with Gasteiger partial charge in [-0.2, -0.15) is 0 Å². The minimum atomic E-state index is 0.579. The van der Waals surface area contributed by atoms with E-state index in [9.17, 15) is 0 Å². The van der Waals surface area contributed by atoms with Gasteiger partial charge in [0, 0.05) is 19.3 Å². The van der Waals surface area contributed by atoms with Gasteiger partial charge in [-0.25, -0.2) is 0 Å². The Labute approximate surface area is 101 Å². The third-order valence-electron chi connectivity index (χ3n) is 3.70. The number of nitrogens with zero attached hydrogens (tertiary/aromatic N) is 1. The number of hydrogen-bond donors (Lipinski definition) is 0. The van der Waals surface area contributed by atoms with Gasteiger partial charge in [0.15, 0.2) is 0 Å². The third kappa shape index (κ3) is 3.08. The van der Waals surface area contributed by atoms with E-state index in [1.54, 1.807) is 0 Å². The largest absolute Gasteiger partial charge is 0.320 e. The summed E-state index contributed by atoms with van der Waals surface area (Å²) in [6.07, 6.45) is 8.10. The van der Waals surface area contributed by atoms with Crippen molar-refractivity contribution >= 4 is 0 Å². The first-order chi connectivity index (χ1) is 7.34. The van der Waals surface area contributed by atoms with Crippen LogP contribution in [0.4, 0.5) is 0 Å². The van der Waals surface area contributed by atoms with Gasteiger partial charge < -0.3 is 4.48 Å². The van der Waals surface area contributed by atoms with Crippen molar-refractivity contribution in [3.05, 3.63) is 36.5 Å². The Bertz CT molecular complexity index is 309. The predicted octanol–water partition coefficient (Wildman–Crippen LogP) is 3.69. The van der Waals surface area contributed by atoms with Crippen molar-refractivity contribution in [2.75, 3.05) is 14.1 Å². The van der Waals surface area contributed by atoms with Crippen molar-refractivity contribution in [1.29, 1.82) is 0 Å². The van der Waals surface area contributed by atoms with Gasteiger partial charge >= 0.3 is 0 Å². The maximum atomic E-state index is 4.05. The van der Waals surface area contributed by atoms with Crippen molar-refractivity contribution in [2.45, 2.75) is 45.2 Å². The van der Waals surface area contributed by atoms with Crippen LogP contribution in [0.1, 0.15) is 33.1 Å². The van der Waals surface area contributed by atoms with Crippen molar-refractivity contribution in [2.24, 2.45) is 0 Å². The zero-order valence-corrected chi connectivity index (χ0v) is 11.3. The lowest BCUT2D eigenvalue weighted by atomic mass is 9.92. The molecule has 0 fully saturated rings. The van der Waals surface area contributed by atoms with E-state index in [2.05, 4.69) is 53.3 Å². The average Bonchev–Trinajstić information content (AvgIpc) is 2.11. The molecule has 0 aliphatic carbocycles. The van der Waals surface area contributed by atoms with E-state index in [4.69, 9.17) is 0 Å². The second kappa shape index (κ2) is 5.01. The summed E-state index contributed by atoms with van der Waals surface area (Å²) in [5.74, 6) is 0. The Hall–Kier alpha value is -0.820. The highest BCUT2D eigenvalue weighted by Gasteiger charge is 2.36. The fourth-order valence-corrected chi connectivity index (χ4v) is 2.54. The van der Waals surface area contributed by atoms with E-state index in [0.717, 1.165) is 17.3 Å². The smallest absolute Gasteiger partial charge is 0.111 e. The topological polar surface area (TPSA) is 0 Å². The summed E-state index contributed by atoms with van der Waals surface area (Å²) in [5, 5.41) is 0. The molecule has 2 atom stereocenters. The molecule has 0 aromatic heterocycles. The molecule has 0 bridgehead atoms. The van der Waals surface area contributed by atoms with Crippen molar-refractivity contribution < 1.29 is 4.48 Å². The third-order valence-corrected chi connectivity index (χ3v) is 3.70. The van der Waals surface area contributed by atoms with Crippen molar-refractivity contribution in [3.8, 4) is 0 Å². The van der Waals surface area contributed by atoms with Gasteiger partial charge in [-0.05, 0) is 19.9 Å². The summed E-state index contributed by atoms with van der Waals surface area (Å²) in [6.45, 7) is 12.3. The van der Waals surface area contributed by atoms with E-state index in [1.165, 1.54) is 17.6 Å². The number of quaternary nitrogens is 1. The van der Waals surface area contributed by atoms with Crippen LogP contribution < -0.4 is 0 Å². The Morgan fingerprint density at radius 1 is 1.19 bits per heavy atom. The molecule has 0 spiro atoms. The summed E-state index contributed by atoms with van der Waals surface area (Å²) in [5.41, 5.74) is 2.57. The van der Waals surface area contributed by atoms with E-state index in [1.807, 2.05) is 0 Å². The van der Waals surface area contributed by atoms with Crippen LogP contribution in [0, 0.1) is 0 Å². The number of hydrogen-bond acceptors (Lipinski definition) is 0. The minimum absolute atomic E-state index is 0.579. The first-order valence-electron chi connectivity index (χ1n) is 6.12. The highest BCUT2D eigenvalue weighted by atomic mass is 15.4. The molecule has 0 saturated heterocycles. The van der Waals surface area contributed by atoms with Crippen LogP contribution in [-0.4, -0.2) is 30.7 Å². The van der Waals surface area contributed by atoms with E-state index < -0.39 is 0 Å². The molecule has 1 heterocycles. The fraction of sp³-hybridized carbons (Fsp3) is 0.600. The first kappa shape index (κ1) is 13.2. The Morgan fingerprint density at radius 3 is 2.25 bits per heavy atom. The normalized spacial score (nSPS) is 27.8. The van der Waals surface area contributed by atoms with Gasteiger partial charge in [-0.3, -0.25) is 0 Å². The molecule has 1 aliphatic heterocycles. The highest BCUT2D eigenvalue weighted by molar-refractivity contribution is 5.05. The average molecular weight is 220 g/mol. The molecule has 0 amide bonds. The molecule has 90 valence electrons. The molecule has 0 N–H and O–H groups in total. The van der Waals surface area contributed by atoms with Gasteiger partial charge in [0.05, 0.1) is 20.1 Å². The second-order valence-electron chi connectivity index (χ2n) is 5.84. The van der Waals surface area contributed by atoms with Crippen molar-refractivity contribution in [1.82, 2.24) is 0 Å². The zero-order valence-electron chi connectivity index (χ0n) is 11.3. The van der Waals surface area contributed by atoms with Crippen LogP contribution in [0.15, 0.2) is 36.5 Å². The molecule has 1 rings (SSSR count). The molecule has 16 heavy (non-hydrogen) atoms. The molecule has 0 aromatic carbocycles. The molecule has 1 heteroatoms. The minimum Gasteiger partial charge on any atom is -0.320 e. The number of likely N-dealkylation sites (N-methyl/N-ethyl adjacent to an activating group) is 1. The Balaban J connectivity index is 2.81. The molecule has 0 unspecified atom stereocenters. The standard InChI is InChI=1S/C15H26N/c1-12(2)10-14-8-7-9-15(11-13(3)4)16(14,5)6/h7-8,14-15H,1,3,9-11H2,2,4-6H3/q+1/t14-,15+/m0/s1. The summed E-state index contributed by atoms with van der Waals surface area (Å²) in [4.78, 5) is 0. The molecule has 0 saturated carbocycles. The lowest BCUT2D eigenvalue weighted by Crippen LogP contribution is -2.56. The molecule has 1 nitrogen and oxygen atoms in total. The van der Waals surface area contributed by atoms with E-state index in [0.29, 0.717) is 12.1 Å². The molecule has 0 aromatic rings. The van der Waals surface area contributed by atoms with Gasteiger partial charge in [-0.15, -0.1) is 0 Å². The van der Waals surface area contributed by atoms with Crippen LogP contribution in [0.5, 0.6) is 0 Å². The lowest BCUT2D eigenvalue weighted by Gasteiger charge is -2.45. The quantitative estimate of drug-likeness (QED) is 0.501. The van der Waals surface area contributed by atoms with E-state index >= 15 is 0 Å². The lowest BCUT2D eigenvalue weighted by molar-refractivity contribution is -0.933. The first-order valence-corrected chi connectivity index (χ1v) is 6.12. The monoisotopic (exact) mass is 220 g/mol. The van der Waals surface area contributed by atoms with Crippen molar-refractivity contribution in [3.63, 3.8) is 0 Å². The predicted molar refractivity (Wildman–Crippen MR) is 72.3 cm³/mol. The van der Waals surface area contributed by atoms with E-state index in [-0.39, 0.29) is 0 Å². The highest BCUT2D eigenvalue weighted by Crippen LogP contribution is 2.29. The molecular formula is C15H26N+. The molecule has 0 radical (unpaired) electrons. The molecule has 1 aliphatic rings. The van der Waals surface area contributed by atoms with Crippen LogP contribution in [-0.2, 0) is 0 Å². The maximum absolute atomic E-state index is 4.05.